The van der Waals surface area contributed by atoms with Gasteiger partial charge in [0, 0.05) is 25.2 Å². The summed E-state index contributed by atoms with van der Waals surface area (Å²) in [5, 5.41) is 8.41. The molecule has 0 unspecified atom stereocenters. The first-order valence-electron chi connectivity index (χ1n) is 7.74. The normalized spacial score (nSPS) is 17.6. The number of ether oxygens (including phenoxy) is 1. The molecule has 1 atom stereocenters. The number of thiophene rings is 1. The topological polar surface area (TPSA) is 47.4 Å². The molecule has 0 saturated heterocycles. The second-order valence-electron chi connectivity index (χ2n) is 5.78. The Morgan fingerprint density at radius 1 is 1.48 bits per heavy atom. The molecule has 5 nitrogen and oxygen atoms in total. The smallest absolute Gasteiger partial charge is 0.227 e. The van der Waals surface area contributed by atoms with E-state index in [1.165, 1.54) is 0 Å². The summed E-state index contributed by atoms with van der Waals surface area (Å²) in [6.07, 6.45) is 4.00. The van der Waals surface area contributed by atoms with Crippen LogP contribution in [-0.2, 0) is 29.0 Å². The highest BCUT2D eigenvalue weighted by molar-refractivity contribution is 7.07. The number of nitrogens with zero attached hydrogens (tertiary/aromatic N) is 3. The zero-order valence-electron chi connectivity index (χ0n) is 13.1. The number of carbonyl (C=O) groups excluding carboxylic acids is 1. The summed E-state index contributed by atoms with van der Waals surface area (Å²) in [4.78, 5) is 14.6. The maximum atomic E-state index is 12.7. The molecule has 3 heterocycles. The van der Waals surface area contributed by atoms with Crippen LogP contribution < -0.4 is 0 Å². The van der Waals surface area contributed by atoms with Crippen LogP contribution in [0.4, 0.5) is 0 Å². The van der Waals surface area contributed by atoms with E-state index in [9.17, 15) is 4.79 Å². The predicted molar refractivity (Wildman–Crippen MR) is 90.2 cm³/mol. The highest BCUT2D eigenvalue weighted by Crippen LogP contribution is 2.18. The molecule has 1 amide bonds. The van der Waals surface area contributed by atoms with Crippen molar-refractivity contribution < 1.29 is 9.53 Å². The van der Waals surface area contributed by atoms with E-state index in [1.807, 2.05) is 32.5 Å². The average molecular weight is 331 g/mol. The van der Waals surface area contributed by atoms with Gasteiger partial charge >= 0.3 is 0 Å². The van der Waals surface area contributed by atoms with E-state index in [4.69, 9.17) is 4.74 Å². The Morgan fingerprint density at radius 2 is 2.39 bits per heavy atom. The summed E-state index contributed by atoms with van der Waals surface area (Å²) in [5.74, 6) is 0.397. The Labute approximate surface area is 140 Å². The van der Waals surface area contributed by atoms with Gasteiger partial charge in [-0.3, -0.25) is 9.48 Å². The Bertz CT molecular complexity index is 651. The molecule has 1 aliphatic heterocycles. The molecule has 3 rings (SSSR count). The minimum Gasteiger partial charge on any atom is -0.377 e. The number of fused-ring (bicyclic) bond motifs is 1. The minimum absolute atomic E-state index is 0.159. The van der Waals surface area contributed by atoms with Gasteiger partial charge in [-0.2, -0.15) is 16.4 Å². The largest absolute Gasteiger partial charge is 0.377 e. The van der Waals surface area contributed by atoms with Crippen LogP contribution in [0.5, 0.6) is 0 Å². The van der Waals surface area contributed by atoms with Crippen molar-refractivity contribution in [1.29, 1.82) is 0 Å². The predicted octanol–water partition coefficient (Wildman–Crippen LogP) is 2.35. The Hall–Kier alpha value is -1.92. The standard InChI is InChI=1S/C17H21N3O2S/c1-2-6-22-12-15-9-19(11-16-3-5-18-20(16)10-15)17(21)8-14-4-7-23-13-14/h2-5,7,13,15H,1,6,8-12H2/t15-/m1/s1. The van der Waals surface area contributed by atoms with E-state index in [1.54, 1.807) is 23.6 Å². The number of carbonyl (C=O) groups is 1. The zero-order valence-corrected chi connectivity index (χ0v) is 13.9. The van der Waals surface area contributed by atoms with Gasteiger partial charge < -0.3 is 9.64 Å². The van der Waals surface area contributed by atoms with Crippen molar-refractivity contribution in [1.82, 2.24) is 14.7 Å². The molecule has 0 saturated carbocycles. The molecule has 1 aliphatic rings. The molecule has 2 aromatic rings. The van der Waals surface area contributed by atoms with E-state index < -0.39 is 0 Å². The fourth-order valence-corrected chi connectivity index (χ4v) is 3.49. The van der Waals surface area contributed by atoms with Crippen LogP contribution in [-0.4, -0.2) is 40.3 Å². The molecule has 0 N–H and O–H groups in total. The summed E-state index contributed by atoms with van der Waals surface area (Å²) in [6, 6.07) is 3.99. The number of hydrogen-bond donors (Lipinski definition) is 0. The van der Waals surface area contributed by atoms with Gasteiger partial charge in [0.05, 0.1) is 31.9 Å². The molecule has 0 aromatic carbocycles. The zero-order chi connectivity index (χ0) is 16.1. The molecule has 122 valence electrons. The summed E-state index contributed by atoms with van der Waals surface area (Å²) >= 11 is 1.62. The molecule has 0 bridgehead atoms. The SMILES string of the molecule is C=CCOC[C@@H]1CN(C(=O)Cc2ccsc2)Cc2ccnn2C1. The van der Waals surface area contributed by atoms with E-state index >= 15 is 0 Å². The molecule has 0 radical (unpaired) electrons. The summed E-state index contributed by atoms with van der Waals surface area (Å²) in [5.41, 5.74) is 2.16. The molecule has 0 aliphatic carbocycles. The van der Waals surface area contributed by atoms with Gasteiger partial charge in [0.2, 0.25) is 5.91 Å². The van der Waals surface area contributed by atoms with Crippen LogP contribution in [0, 0.1) is 5.92 Å². The second-order valence-corrected chi connectivity index (χ2v) is 6.56. The maximum Gasteiger partial charge on any atom is 0.227 e. The van der Waals surface area contributed by atoms with Crippen LogP contribution in [0.2, 0.25) is 0 Å². The fourth-order valence-electron chi connectivity index (χ4n) is 2.83. The van der Waals surface area contributed by atoms with Gasteiger partial charge in [-0.1, -0.05) is 6.08 Å². The van der Waals surface area contributed by atoms with Crippen LogP contribution >= 0.6 is 11.3 Å². The number of aromatic nitrogens is 2. The van der Waals surface area contributed by atoms with Crippen molar-refractivity contribution in [2.75, 3.05) is 19.8 Å². The molecule has 0 spiro atoms. The fraction of sp³-hybridized carbons (Fsp3) is 0.412. The Balaban J connectivity index is 1.70. The van der Waals surface area contributed by atoms with E-state index in [0.29, 0.717) is 32.7 Å². The number of rotatable bonds is 6. The Kier molecular flexibility index (Phi) is 5.25. The molecule has 23 heavy (non-hydrogen) atoms. The number of hydrogen-bond acceptors (Lipinski definition) is 4. The van der Waals surface area contributed by atoms with Gasteiger partial charge in [-0.05, 0) is 28.5 Å². The lowest BCUT2D eigenvalue weighted by Gasteiger charge is -2.24. The molecule has 0 fully saturated rings. The van der Waals surface area contributed by atoms with Crippen LogP contribution in [0.3, 0.4) is 0 Å². The lowest BCUT2D eigenvalue weighted by atomic mass is 10.1. The van der Waals surface area contributed by atoms with E-state index in [2.05, 4.69) is 11.7 Å². The lowest BCUT2D eigenvalue weighted by Crippen LogP contribution is -2.36. The Morgan fingerprint density at radius 3 is 3.17 bits per heavy atom. The highest BCUT2D eigenvalue weighted by Gasteiger charge is 2.25. The monoisotopic (exact) mass is 331 g/mol. The first-order valence-corrected chi connectivity index (χ1v) is 8.68. The molecule has 2 aromatic heterocycles. The van der Waals surface area contributed by atoms with Gasteiger partial charge in [0.25, 0.3) is 0 Å². The van der Waals surface area contributed by atoms with Gasteiger partial charge in [-0.15, -0.1) is 6.58 Å². The van der Waals surface area contributed by atoms with Crippen LogP contribution in [0.15, 0.2) is 41.7 Å². The average Bonchev–Trinajstić information content (AvgIpc) is 3.16. The summed E-state index contributed by atoms with van der Waals surface area (Å²) < 4.78 is 7.59. The van der Waals surface area contributed by atoms with Gasteiger partial charge in [0.15, 0.2) is 0 Å². The molecular weight excluding hydrogens is 310 g/mol. The summed E-state index contributed by atoms with van der Waals surface area (Å²) in [7, 11) is 0. The van der Waals surface area contributed by atoms with Gasteiger partial charge in [-0.25, -0.2) is 0 Å². The third-order valence-electron chi connectivity index (χ3n) is 3.94. The first kappa shape index (κ1) is 16.0. The quantitative estimate of drug-likeness (QED) is 0.603. The van der Waals surface area contributed by atoms with Crippen molar-refractivity contribution in [2.45, 2.75) is 19.5 Å². The van der Waals surface area contributed by atoms with Crippen molar-refractivity contribution in [3.8, 4) is 0 Å². The van der Waals surface area contributed by atoms with Crippen LogP contribution in [0.25, 0.3) is 0 Å². The number of amides is 1. The minimum atomic E-state index is 0.159. The van der Waals surface area contributed by atoms with Gasteiger partial charge in [0.1, 0.15) is 0 Å². The second kappa shape index (κ2) is 7.57. The maximum absolute atomic E-state index is 12.7. The van der Waals surface area contributed by atoms with Crippen molar-refractivity contribution in [2.24, 2.45) is 5.92 Å². The summed E-state index contributed by atoms with van der Waals surface area (Å²) in [6.45, 7) is 6.90. The lowest BCUT2D eigenvalue weighted by molar-refractivity contribution is -0.131. The van der Waals surface area contributed by atoms with E-state index in [0.717, 1.165) is 17.8 Å². The highest BCUT2D eigenvalue weighted by atomic mass is 32.1. The van der Waals surface area contributed by atoms with Crippen molar-refractivity contribution in [3.63, 3.8) is 0 Å². The van der Waals surface area contributed by atoms with E-state index in [-0.39, 0.29) is 11.8 Å². The van der Waals surface area contributed by atoms with Crippen LogP contribution in [0.1, 0.15) is 11.3 Å². The first-order chi connectivity index (χ1) is 11.3. The van der Waals surface area contributed by atoms with Crippen molar-refractivity contribution in [3.05, 3.63) is 53.0 Å². The third kappa shape index (κ3) is 4.09. The third-order valence-corrected chi connectivity index (χ3v) is 4.68. The molecule has 6 heteroatoms. The molecular formula is C17H21N3O2S. The van der Waals surface area contributed by atoms with Crippen molar-refractivity contribution >= 4 is 17.2 Å².